The quantitative estimate of drug-likeness (QED) is 0.666. The summed E-state index contributed by atoms with van der Waals surface area (Å²) in [6, 6.07) is 0. The molecule has 0 fully saturated rings. The maximum atomic E-state index is 11.0. The van der Waals surface area contributed by atoms with Crippen LogP contribution < -0.4 is 0 Å². The lowest BCUT2D eigenvalue weighted by Crippen LogP contribution is -2.49. The third-order valence-corrected chi connectivity index (χ3v) is 4.54. The van der Waals surface area contributed by atoms with E-state index in [1.165, 1.54) is 4.90 Å². The predicted molar refractivity (Wildman–Crippen MR) is 63.5 cm³/mol. The van der Waals surface area contributed by atoms with Gasteiger partial charge in [-0.2, -0.15) is 0 Å². The van der Waals surface area contributed by atoms with Crippen molar-refractivity contribution in [3.05, 3.63) is 0 Å². The molecular formula is C10H22NO4Si. The van der Waals surface area contributed by atoms with Gasteiger partial charge in [0.1, 0.15) is 0 Å². The van der Waals surface area contributed by atoms with Crippen molar-refractivity contribution in [2.45, 2.75) is 39.3 Å². The van der Waals surface area contributed by atoms with Crippen molar-refractivity contribution in [1.82, 2.24) is 4.90 Å². The van der Waals surface area contributed by atoms with E-state index in [-0.39, 0.29) is 5.67 Å². The van der Waals surface area contributed by atoms with Crippen molar-refractivity contribution in [1.29, 1.82) is 0 Å². The minimum atomic E-state index is -1.55. The lowest BCUT2D eigenvalue weighted by atomic mass is 10.3. The Morgan fingerprint density at radius 1 is 1.31 bits per heavy atom. The fraction of sp³-hybridized carbons (Fsp3) is 0.900. The van der Waals surface area contributed by atoms with Crippen molar-refractivity contribution in [2.24, 2.45) is 0 Å². The van der Waals surface area contributed by atoms with Gasteiger partial charge in [0.05, 0.1) is 5.67 Å². The van der Waals surface area contributed by atoms with Crippen molar-refractivity contribution >= 4 is 15.4 Å². The Hall–Kier alpha value is -0.593. The molecule has 1 atom stereocenters. The van der Waals surface area contributed by atoms with E-state index in [1.54, 1.807) is 7.05 Å². The molecule has 0 aliphatic rings. The van der Waals surface area contributed by atoms with E-state index in [1.807, 2.05) is 20.8 Å². The van der Waals surface area contributed by atoms with E-state index in [4.69, 9.17) is 14.0 Å². The summed E-state index contributed by atoms with van der Waals surface area (Å²) in [5, 5.41) is 9.00. The van der Waals surface area contributed by atoms with Gasteiger partial charge in [0.25, 0.3) is 0 Å². The maximum Gasteiger partial charge on any atom is 0.409 e. The molecule has 6 heteroatoms. The van der Waals surface area contributed by atoms with Gasteiger partial charge in [-0.05, 0) is 20.3 Å². The van der Waals surface area contributed by atoms with Gasteiger partial charge < -0.3 is 18.9 Å². The molecule has 95 valence electrons. The second kappa shape index (κ2) is 8.55. The second-order valence-electron chi connectivity index (χ2n) is 3.38. The molecule has 5 nitrogen and oxygen atoms in total. The minimum Gasteiger partial charge on any atom is -0.465 e. The number of nitrogens with zero attached hydrogens (tertiary/aromatic N) is 1. The largest absolute Gasteiger partial charge is 0.465 e. The number of rotatable bonds is 8. The fourth-order valence-corrected chi connectivity index (χ4v) is 3.38. The first-order valence-electron chi connectivity index (χ1n) is 5.66. The lowest BCUT2D eigenvalue weighted by molar-refractivity contribution is 0.127. The van der Waals surface area contributed by atoms with E-state index in [2.05, 4.69) is 0 Å². The Morgan fingerprint density at radius 3 is 2.12 bits per heavy atom. The van der Waals surface area contributed by atoms with Crippen molar-refractivity contribution in [3.8, 4) is 0 Å². The van der Waals surface area contributed by atoms with Crippen LogP contribution in [-0.2, 0) is 8.85 Å². The molecule has 0 aliphatic heterocycles. The van der Waals surface area contributed by atoms with Gasteiger partial charge in [0, 0.05) is 20.3 Å². The van der Waals surface area contributed by atoms with Gasteiger partial charge in [-0.25, -0.2) is 4.79 Å². The van der Waals surface area contributed by atoms with E-state index < -0.39 is 15.4 Å². The average Bonchev–Trinajstić information content (AvgIpc) is 2.24. The van der Waals surface area contributed by atoms with Crippen LogP contribution in [0, 0.1) is 0 Å². The highest BCUT2D eigenvalue weighted by atomic mass is 28.3. The number of hydrogen-bond acceptors (Lipinski definition) is 3. The molecule has 0 rings (SSSR count). The van der Waals surface area contributed by atoms with Crippen LogP contribution in [0.2, 0.25) is 0 Å². The summed E-state index contributed by atoms with van der Waals surface area (Å²) in [7, 11) is 0.0287. The molecule has 16 heavy (non-hydrogen) atoms. The van der Waals surface area contributed by atoms with E-state index >= 15 is 0 Å². The molecule has 0 bridgehead atoms. The Balaban J connectivity index is 4.60. The summed E-state index contributed by atoms with van der Waals surface area (Å²) in [6.07, 6.45) is 0.758. The van der Waals surface area contributed by atoms with E-state index in [0.717, 1.165) is 12.8 Å². The summed E-state index contributed by atoms with van der Waals surface area (Å²) in [6.45, 7) is 6.94. The Kier molecular flexibility index (Phi) is 8.23. The standard InChI is InChI=1S/C10H22NO4Si/c1-5-8-9(11(4)10(12)13)16(14-6-2)15-7-3/h9H,5-8H2,1-4H3,(H,12,13). The van der Waals surface area contributed by atoms with Crippen LogP contribution in [0.25, 0.3) is 0 Å². The van der Waals surface area contributed by atoms with Crippen LogP contribution in [0.1, 0.15) is 33.6 Å². The molecule has 0 aromatic rings. The monoisotopic (exact) mass is 248 g/mol. The second-order valence-corrected chi connectivity index (χ2v) is 5.26. The smallest absolute Gasteiger partial charge is 0.409 e. The predicted octanol–water partition coefficient (Wildman–Crippen LogP) is 1.87. The first-order chi connectivity index (χ1) is 7.58. The maximum absolute atomic E-state index is 11.0. The topological polar surface area (TPSA) is 59.0 Å². The first-order valence-corrected chi connectivity index (χ1v) is 7.05. The Bertz CT molecular complexity index is 197. The zero-order valence-electron chi connectivity index (χ0n) is 10.5. The Morgan fingerprint density at radius 2 is 1.81 bits per heavy atom. The van der Waals surface area contributed by atoms with Crippen LogP contribution in [-0.4, -0.2) is 51.3 Å². The normalized spacial score (nSPS) is 12.8. The molecule has 0 aromatic carbocycles. The summed E-state index contributed by atoms with van der Waals surface area (Å²) in [5.74, 6) is 0. The van der Waals surface area contributed by atoms with Crippen molar-refractivity contribution in [3.63, 3.8) is 0 Å². The van der Waals surface area contributed by atoms with Crippen molar-refractivity contribution < 1.29 is 18.8 Å². The summed E-state index contributed by atoms with van der Waals surface area (Å²) in [5.41, 5.74) is -0.146. The number of hydrogen-bond donors (Lipinski definition) is 1. The number of carboxylic acid groups (broad SMARTS) is 1. The Labute approximate surface area is 99.2 Å². The highest BCUT2D eigenvalue weighted by molar-refractivity contribution is 6.46. The first kappa shape index (κ1) is 15.4. The highest BCUT2D eigenvalue weighted by Crippen LogP contribution is 2.11. The highest BCUT2D eigenvalue weighted by Gasteiger charge is 2.33. The molecule has 0 saturated carbocycles. The number of carbonyl (C=O) groups is 1. The summed E-state index contributed by atoms with van der Waals surface area (Å²) >= 11 is 0. The van der Waals surface area contributed by atoms with Gasteiger partial charge in [0.15, 0.2) is 0 Å². The zero-order chi connectivity index (χ0) is 12.6. The molecule has 0 aromatic heterocycles. The van der Waals surface area contributed by atoms with E-state index in [0.29, 0.717) is 13.2 Å². The molecule has 1 N–H and O–H groups in total. The molecule has 1 radical (unpaired) electrons. The van der Waals surface area contributed by atoms with Crippen molar-refractivity contribution in [2.75, 3.05) is 20.3 Å². The fourth-order valence-electron chi connectivity index (χ4n) is 1.39. The molecule has 0 heterocycles. The minimum absolute atomic E-state index is 0.146. The molecule has 1 unspecified atom stereocenters. The molecule has 0 aliphatic carbocycles. The van der Waals surface area contributed by atoms with Gasteiger partial charge in [0.2, 0.25) is 0 Å². The van der Waals surface area contributed by atoms with Crippen LogP contribution in [0.3, 0.4) is 0 Å². The zero-order valence-corrected chi connectivity index (χ0v) is 11.5. The lowest BCUT2D eigenvalue weighted by Gasteiger charge is -2.29. The van der Waals surface area contributed by atoms with Crippen LogP contribution in [0.4, 0.5) is 4.79 Å². The molecular weight excluding hydrogens is 226 g/mol. The summed E-state index contributed by atoms with van der Waals surface area (Å²) < 4.78 is 11.1. The van der Waals surface area contributed by atoms with Crippen LogP contribution in [0.15, 0.2) is 0 Å². The SMILES string of the molecule is CCCC(N(C)C(=O)O)[Si](OCC)OCC. The van der Waals surface area contributed by atoms with Crippen LogP contribution >= 0.6 is 0 Å². The van der Waals surface area contributed by atoms with Crippen LogP contribution in [0.5, 0.6) is 0 Å². The molecule has 0 spiro atoms. The number of amides is 1. The summed E-state index contributed by atoms with van der Waals surface area (Å²) in [4.78, 5) is 12.3. The van der Waals surface area contributed by atoms with E-state index in [9.17, 15) is 4.79 Å². The third-order valence-electron chi connectivity index (χ3n) is 2.18. The van der Waals surface area contributed by atoms with Gasteiger partial charge in [-0.15, -0.1) is 0 Å². The van der Waals surface area contributed by atoms with Gasteiger partial charge in [-0.3, -0.25) is 0 Å². The van der Waals surface area contributed by atoms with Gasteiger partial charge in [-0.1, -0.05) is 13.3 Å². The average molecular weight is 248 g/mol. The molecule has 0 saturated heterocycles. The van der Waals surface area contributed by atoms with Gasteiger partial charge >= 0.3 is 15.4 Å². The third kappa shape index (κ3) is 4.96. The molecule has 1 amide bonds.